The highest BCUT2D eigenvalue weighted by Gasteiger charge is 2.50. The van der Waals surface area contributed by atoms with E-state index in [1.807, 2.05) is 20.1 Å². The first-order valence-corrected chi connectivity index (χ1v) is 7.40. The maximum atomic E-state index is 5.42. The van der Waals surface area contributed by atoms with E-state index in [2.05, 4.69) is 11.8 Å². The van der Waals surface area contributed by atoms with Crippen LogP contribution in [0.5, 0.6) is 0 Å². The van der Waals surface area contributed by atoms with Crippen molar-refractivity contribution in [3.05, 3.63) is 11.8 Å². The van der Waals surface area contributed by atoms with E-state index in [-0.39, 0.29) is 0 Å². The molecular formula is C17H24O. The van der Waals surface area contributed by atoms with Gasteiger partial charge >= 0.3 is 0 Å². The fraction of sp³-hybridized carbons (Fsp3) is 0.765. The molecule has 4 bridgehead atoms. The van der Waals surface area contributed by atoms with Gasteiger partial charge in [-0.15, -0.1) is 0 Å². The standard InChI is InChI=1S/C17H24O/c1-13(2)12-18-5-3-4-17-9-14-6-15(10-17)8-16(7-14)11-17/h12,14-16H,5-11H2,1-2H3. The minimum Gasteiger partial charge on any atom is -0.489 e. The predicted molar refractivity (Wildman–Crippen MR) is 73.8 cm³/mol. The number of allylic oxidation sites excluding steroid dienone is 1. The van der Waals surface area contributed by atoms with Crippen molar-refractivity contribution in [3.8, 4) is 11.8 Å². The van der Waals surface area contributed by atoms with Gasteiger partial charge < -0.3 is 4.74 Å². The molecule has 4 aliphatic carbocycles. The first-order valence-electron chi connectivity index (χ1n) is 7.40. The van der Waals surface area contributed by atoms with Gasteiger partial charge in [0.1, 0.15) is 6.61 Å². The summed E-state index contributed by atoms with van der Waals surface area (Å²) in [6.07, 6.45) is 10.4. The van der Waals surface area contributed by atoms with E-state index in [9.17, 15) is 0 Å². The number of hydrogen-bond acceptors (Lipinski definition) is 1. The molecule has 0 N–H and O–H groups in total. The number of rotatable bonds is 2. The predicted octanol–water partition coefficient (Wildman–Crippen LogP) is 4.15. The molecule has 4 rings (SSSR count). The normalized spacial score (nSPS) is 40.0. The van der Waals surface area contributed by atoms with Crippen LogP contribution in [0.4, 0.5) is 0 Å². The molecule has 4 saturated carbocycles. The van der Waals surface area contributed by atoms with E-state index < -0.39 is 0 Å². The van der Waals surface area contributed by atoms with Crippen molar-refractivity contribution in [1.29, 1.82) is 0 Å². The lowest BCUT2D eigenvalue weighted by atomic mass is 9.50. The molecule has 0 aromatic rings. The first kappa shape index (κ1) is 12.2. The minimum atomic E-state index is 0.378. The van der Waals surface area contributed by atoms with E-state index in [4.69, 9.17) is 4.74 Å². The van der Waals surface area contributed by atoms with Crippen LogP contribution in [0.25, 0.3) is 0 Å². The van der Waals surface area contributed by atoms with Gasteiger partial charge in [0.25, 0.3) is 0 Å². The molecule has 1 nitrogen and oxygen atoms in total. The molecular weight excluding hydrogens is 220 g/mol. The molecule has 0 aliphatic heterocycles. The highest BCUT2D eigenvalue weighted by Crippen LogP contribution is 2.59. The average Bonchev–Trinajstić information content (AvgIpc) is 2.25. The summed E-state index contributed by atoms with van der Waals surface area (Å²) in [4.78, 5) is 0. The summed E-state index contributed by atoms with van der Waals surface area (Å²) in [5.41, 5.74) is 1.58. The van der Waals surface area contributed by atoms with E-state index in [1.165, 1.54) is 44.1 Å². The molecule has 0 aromatic heterocycles. The Morgan fingerprint density at radius 2 is 1.67 bits per heavy atom. The fourth-order valence-electron chi connectivity index (χ4n) is 4.74. The summed E-state index contributed by atoms with van der Waals surface area (Å²) in [6, 6.07) is 0. The maximum absolute atomic E-state index is 5.42. The highest BCUT2D eigenvalue weighted by molar-refractivity contribution is 5.18. The molecule has 4 aliphatic rings. The van der Waals surface area contributed by atoms with Gasteiger partial charge in [-0.05, 0) is 75.7 Å². The Morgan fingerprint density at radius 3 is 2.17 bits per heavy atom. The molecule has 98 valence electrons. The topological polar surface area (TPSA) is 9.23 Å². The van der Waals surface area contributed by atoms with Crippen molar-refractivity contribution in [1.82, 2.24) is 0 Å². The van der Waals surface area contributed by atoms with Crippen molar-refractivity contribution in [2.45, 2.75) is 52.4 Å². The van der Waals surface area contributed by atoms with Crippen molar-refractivity contribution in [2.24, 2.45) is 23.2 Å². The SMILES string of the molecule is CC(C)=COCC#CC12CC3CC(CC(C3)C1)C2. The molecule has 0 saturated heterocycles. The van der Waals surface area contributed by atoms with Crippen LogP contribution in [0, 0.1) is 35.0 Å². The van der Waals surface area contributed by atoms with Gasteiger partial charge in [-0.1, -0.05) is 11.8 Å². The summed E-state index contributed by atoms with van der Waals surface area (Å²) in [5.74, 6) is 9.85. The molecule has 0 aromatic carbocycles. The molecule has 0 atom stereocenters. The van der Waals surface area contributed by atoms with Crippen LogP contribution in [-0.2, 0) is 4.74 Å². The fourth-order valence-corrected chi connectivity index (χ4v) is 4.74. The summed E-state index contributed by atoms with van der Waals surface area (Å²) in [7, 11) is 0. The number of hydrogen-bond donors (Lipinski definition) is 0. The van der Waals surface area contributed by atoms with Crippen LogP contribution in [-0.4, -0.2) is 6.61 Å². The zero-order chi connectivity index (χ0) is 12.6. The Hall–Kier alpha value is -0.900. The second-order valence-corrected chi connectivity index (χ2v) is 7.01. The molecule has 0 radical (unpaired) electrons. The first-order chi connectivity index (χ1) is 8.65. The van der Waals surface area contributed by atoms with E-state index in [1.54, 1.807) is 0 Å². The molecule has 4 fully saturated rings. The van der Waals surface area contributed by atoms with Crippen molar-refractivity contribution >= 4 is 0 Å². The third-order valence-corrected chi connectivity index (χ3v) is 4.87. The Balaban J connectivity index is 1.62. The molecule has 18 heavy (non-hydrogen) atoms. The van der Waals surface area contributed by atoms with Gasteiger partial charge in [-0.25, -0.2) is 0 Å². The second-order valence-electron chi connectivity index (χ2n) is 7.01. The van der Waals surface area contributed by atoms with E-state index >= 15 is 0 Å². The lowest BCUT2D eigenvalue weighted by molar-refractivity contribution is -0.0182. The van der Waals surface area contributed by atoms with Gasteiger partial charge in [-0.3, -0.25) is 0 Å². The van der Waals surface area contributed by atoms with Crippen LogP contribution in [0.2, 0.25) is 0 Å². The van der Waals surface area contributed by atoms with Crippen LogP contribution in [0.1, 0.15) is 52.4 Å². The highest BCUT2D eigenvalue weighted by atomic mass is 16.5. The van der Waals surface area contributed by atoms with Gasteiger partial charge in [0.2, 0.25) is 0 Å². The lowest BCUT2D eigenvalue weighted by Gasteiger charge is -2.54. The van der Waals surface area contributed by atoms with Crippen LogP contribution in [0.15, 0.2) is 11.8 Å². The smallest absolute Gasteiger partial charge is 0.148 e. The lowest BCUT2D eigenvalue weighted by Crippen LogP contribution is -2.45. The summed E-state index contributed by atoms with van der Waals surface area (Å²) in [6.45, 7) is 4.66. The zero-order valence-electron chi connectivity index (χ0n) is 11.7. The van der Waals surface area contributed by atoms with Crippen LogP contribution < -0.4 is 0 Å². The zero-order valence-corrected chi connectivity index (χ0v) is 11.7. The Morgan fingerprint density at radius 1 is 1.11 bits per heavy atom. The van der Waals surface area contributed by atoms with Gasteiger partial charge in [0, 0.05) is 5.41 Å². The maximum Gasteiger partial charge on any atom is 0.148 e. The Kier molecular flexibility index (Phi) is 3.14. The quantitative estimate of drug-likeness (QED) is 0.403. The molecule has 1 heteroatoms. The third kappa shape index (κ3) is 2.44. The van der Waals surface area contributed by atoms with Gasteiger partial charge in [0.05, 0.1) is 6.26 Å². The van der Waals surface area contributed by atoms with Crippen molar-refractivity contribution in [3.63, 3.8) is 0 Å². The van der Waals surface area contributed by atoms with Gasteiger partial charge in [-0.2, -0.15) is 0 Å². The molecule has 0 spiro atoms. The molecule has 0 heterocycles. The van der Waals surface area contributed by atoms with E-state index in [0.29, 0.717) is 12.0 Å². The average molecular weight is 244 g/mol. The molecule has 0 unspecified atom stereocenters. The second kappa shape index (κ2) is 4.65. The Bertz CT molecular complexity index is 368. The Labute approximate surface area is 111 Å². The molecule has 0 amide bonds. The number of ether oxygens (including phenoxy) is 1. The summed E-state index contributed by atoms with van der Waals surface area (Å²) < 4.78 is 5.42. The van der Waals surface area contributed by atoms with Crippen LogP contribution in [0.3, 0.4) is 0 Å². The van der Waals surface area contributed by atoms with Gasteiger partial charge in [0.15, 0.2) is 0 Å². The van der Waals surface area contributed by atoms with E-state index in [0.717, 1.165) is 17.8 Å². The third-order valence-electron chi connectivity index (χ3n) is 4.87. The summed E-state index contributed by atoms with van der Waals surface area (Å²) in [5, 5.41) is 0. The van der Waals surface area contributed by atoms with Crippen molar-refractivity contribution < 1.29 is 4.74 Å². The largest absolute Gasteiger partial charge is 0.489 e. The monoisotopic (exact) mass is 244 g/mol. The summed E-state index contributed by atoms with van der Waals surface area (Å²) >= 11 is 0. The van der Waals surface area contributed by atoms with Crippen LogP contribution >= 0.6 is 0 Å². The minimum absolute atomic E-state index is 0.378. The van der Waals surface area contributed by atoms with Crippen molar-refractivity contribution in [2.75, 3.05) is 6.61 Å².